The molecule has 4 nitrogen and oxygen atoms in total. The summed E-state index contributed by atoms with van der Waals surface area (Å²) in [5.74, 6) is 0.0648. The molecule has 4 heteroatoms. The molecule has 25 heavy (non-hydrogen) atoms. The monoisotopic (exact) mass is 332 g/mol. The summed E-state index contributed by atoms with van der Waals surface area (Å²) in [6, 6.07) is 18.1. The van der Waals surface area contributed by atoms with E-state index in [4.69, 9.17) is 4.74 Å². The molecule has 0 saturated carbocycles. The minimum absolute atomic E-state index is 0.0632. The van der Waals surface area contributed by atoms with Crippen molar-refractivity contribution in [1.29, 1.82) is 0 Å². The Morgan fingerprint density at radius 2 is 2.00 bits per heavy atom. The van der Waals surface area contributed by atoms with Crippen LogP contribution in [0.1, 0.15) is 15.9 Å². The zero-order valence-corrected chi connectivity index (χ0v) is 14.0. The number of pyridine rings is 1. The van der Waals surface area contributed by atoms with Crippen molar-refractivity contribution in [2.24, 2.45) is 0 Å². The zero-order chi connectivity index (χ0) is 17.1. The normalized spacial score (nSPS) is 17.6. The first-order valence-corrected chi connectivity index (χ1v) is 8.58. The smallest absolute Gasteiger partial charge is 0.254 e. The van der Waals surface area contributed by atoms with Crippen LogP contribution in [0.25, 0.3) is 10.8 Å². The quantitative estimate of drug-likeness (QED) is 0.739. The summed E-state index contributed by atoms with van der Waals surface area (Å²) in [5.41, 5.74) is 1.93. The summed E-state index contributed by atoms with van der Waals surface area (Å²) in [6.45, 7) is 1.79. The molecule has 0 unspecified atom stereocenters. The third-order valence-corrected chi connectivity index (χ3v) is 4.69. The van der Waals surface area contributed by atoms with Crippen molar-refractivity contribution in [3.05, 3.63) is 78.1 Å². The van der Waals surface area contributed by atoms with E-state index < -0.39 is 0 Å². The van der Waals surface area contributed by atoms with Crippen LogP contribution in [0.15, 0.2) is 67.0 Å². The zero-order valence-electron chi connectivity index (χ0n) is 14.0. The van der Waals surface area contributed by atoms with Gasteiger partial charge < -0.3 is 9.64 Å². The lowest BCUT2D eigenvalue weighted by molar-refractivity contribution is -0.00162. The maximum absolute atomic E-state index is 13.1. The Morgan fingerprint density at radius 3 is 2.88 bits per heavy atom. The van der Waals surface area contributed by atoms with Crippen molar-refractivity contribution >= 4 is 16.7 Å². The van der Waals surface area contributed by atoms with Crippen LogP contribution in [0.5, 0.6) is 0 Å². The molecule has 0 spiro atoms. The molecule has 0 N–H and O–H groups in total. The minimum atomic E-state index is 0.0632. The average Bonchev–Trinajstić information content (AvgIpc) is 2.68. The molecule has 0 radical (unpaired) electrons. The lowest BCUT2D eigenvalue weighted by atomic mass is 10.0. The number of morpholine rings is 1. The number of amides is 1. The van der Waals surface area contributed by atoms with E-state index in [9.17, 15) is 4.79 Å². The third-order valence-electron chi connectivity index (χ3n) is 4.69. The molecular formula is C21H20N2O2. The molecule has 1 atom stereocenters. The molecule has 0 aliphatic carbocycles. The molecule has 2 heterocycles. The van der Waals surface area contributed by atoms with Crippen molar-refractivity contribution in [1.82, 2.24) is 9.88 Å². The topological polar surface area (TPSA) is 42.4 Å². The average molecular weight is 332 g/mol. The molecule has 126 valence electrons. The van der Waals surface area contributed by atoms with Gasteiger partial charge >= 0.3 is 0 Å². The molecule has 4 rings (SSSR count). The van der Waals surface area contributed by atoms with Crippen LogP contribution < -0.4 is 0 Å². The Bertz CT molecular complexity index is 879. The number of hydrogen-bond donors (Lipinski definition) is 0. The molecular weight excluding hydrogens is 312 g/mol. The second-order valence-electron chi connectivity index (χ2n) is 6.35. The first-order valence-electron chi connectivity index (χ1n) is 8.58. The van der Waals surface area contributed by atoms with Gasteiger partial charge in [-0.2, -0.15) is 0 Å². The van der Waals surface area contributed by atoms with Crippen LogP contribution in [0.2, 0.25) is 0 Å². The third kappa shape index (κ3) is 3.39. The number of rotatable bonds is 3. The number of aromatic nitrogens is 1. The Kier molecular flexibility index (Phi) is 4.44. The van der Waals surface area contributed by atoms with Gasteiger partial charge in [0.05, 0.1) is 19.3 Å². The van der Waals surface area contributed by atoms with E-state index in [-0.39, 0.29) is 11.9 Å². The number of carbonyl (C=O) groups is 1. The van der Waals surface area contributed by atoms with Gasteiger partial charge in [-0.3, -0.25) is 9.78 Å². The second kappa shape index (κ2) is 7.03. The molecule has 1 saturated heterocycles. The number of nitrogens with zero attached hydrogens (tertiary/aromatic N) is 2. The number of carbonyl (C=O) groups excluding carboxylic acids is 1. The molecule has 2 aromatic carbocycles. The lowest BCUT2D eigenvalue weighted by Gasteiger charge is -2.36. The predicted molar refractivity (Wildman–Crippen MR) is 97.5 cm³/mol. The maximum Gasteiger partial charge on any atom is 0.254 e. The number of ether oxygens (including phenoxy) is 1. The van der Waals surface area contributed by atoms with E-state index >= 15 is 0 Å². The number of fused-ring (bicyclic) bond motifs is 1. The molecule has 0 bridgehead atoms. The molecule has 1 aliphatic heterocycles. The Labute approximate surface area is 147 Å². The highest BCUT2D eigenvalue weighted by Gasteiger charge is 2.28. The van der Waals surface area contributed by atoms with E-state index in [2.05, 4.69) is 17.1 Å². The maximum atomic E-state index is 13.1. The van der Waals surface area contributed by atoms with Gasteiger partial charge in [-0.15, -0.1) is 0 Å². The van der Waals surface area contributed by atoms with E-state index in [1.54, 1.807) is 12.4 Å². The highest BCUT2D eigenvalue weighted by Crippen LogP contribution is 2.20. The minimum Gasteiger partial charge on any atom is -0.377 e. The van der Waals surface area contributed by atoms with Crippen LogP contribution in [-0.4, -0.2) is 41.6 Å². The van der Waals surface area contributed by atoms with Crippen molar-refractivity contribution in [3.63, 3.8) is 0 Å². The van der Waals surface area contributed by atoms with Gasteiger partial charge in [-0.05, 0) is 35.6 Å². The van der Waals surface area contributed by atoms with Crippen LogP contribution in [-0.2, 0) is 11.2 Å². The Morgan fingerprint density at radius 1 is 1.12 bits per heavy atom. The Hall–Kier alpha value is -2.72. The first-order chi connectivity index (χ1) is 12.3. The fourth-order valence-corrected chi connectivity index (χ4v) is 3.36. The van der Waals surface area contributed by atoms with Gasteiger partial charge in [0.1, 0.15) is 0 Å². The van der Waals surface area contributed by atoms with Crippen molar-refractivity contribution in [3.8, 4) is 0 Å². The van der Waals surface area contributed by atoms with Crippen LogP contribution >= 0.6 is 0 Å². The van der Waals surface area contributed by atoms with E-state index in [1.807, 2.05) is 47.4 Å². The highest BCUT2D eigenvalue weighted by atomic mass is 16.5. The van der Waals surface area contributed by atoms with Crippen LogP contribution in [0.4, 0.5) is 0 Å². The number of benzene rings is 2. The summed E-state index contributed by atoms with van der Waals surface area (Å²) >= 11 is 0. The lowest BCUT2D eigenvalue weighted by Crippen LogP contribution is -2.49. The fraction of sp³-hybridized carbons (Fsp3) is 0.238. The van der Waals surface area contributed by atoms with Gasteiger partial charge in [-0.1, -0.05) is 36.4 Å². The predicted octanol–water partition coefficient (Wildman–Crippen LogP) is 3.32. The van der Waals surface area contributed by atoms with Gasteiger partial charge in [-0.25, -0.2) is 0 Å². The summed E-state index contributed by atoms with van der Waals surface area (Å²) in [4.78, 5) is 19.2. The highest BCUT2D eigenvalue weighted by molar-refractivity contribution is 5.98. The van der Waals surface area contributed by atoms with E-state index in [0.29, 0.717) is 25.3 Å². The standard InChI is InChI=1S/C21H20N2O2/c24-21(18-7-6-17-8-9-22-14-19(17)13-18)23-10-11-25-15-20(23)12-16-4-2-1-3-5-16/h1-9,13-14,20H,10-12,15H2/t20-/m0/s1. The van der Waals surface area contributed by atoms with E-state index in [0.717, 1.165) is 17.2 Å². The molecule has 1 aliphatic rings. The summed E-state index contributed by atoms with van der Waals surface area (Å²) in [7, 11) is 0. The Balaban J connectivity index is 1.59. The summed E-state index contributed by atoms with van der Waals surface area (Å²) < 4.78 is 5.64. The van der Waals surface area contributed by atoms with Crippen molar-refractivity contribution in [2.45, 2.75) is 12.5 Å². The van der Waals surface area contributed by atoms with Gasteiger partial charge in [0.15, 0.2) is 0 Å². The van der Waals surface area contributed by atoms with Gasteiger partial charge in [0.2, 0.25) is 0 Å². The molecule has 1 aromatic heterocycles. The SMILES string of the molecule is O=C(c1ccc2ccncc2c1)N1CCOC[C@@H]1Cc1ccccc1. The van der Waals surface area contributed by atoms with E-state index in [1.165, 1.54) is 5.56 Å². The van der Waals surface area contributed by atoms with Crippen molar-refractivity contribution < 1.29 is 9.53 Å². The second-order valence-corrected chi connectivity index (χ2v) is 6.35. The fourth-order valence-electron chi connectivity index (χ4n) is 3.36. The van der Waals surface area contributed by atoms with Crippen molar-refractivity contribution in [2.75, 3.05) is 19.8 Å². The molecule has 1 fully saturated rings. The van der Waals surface area contributed by atoms with Crippen LogP contribution in [0.3, 0.4) is 0 Å². The summed E-state index contributed by atoms with van der Waals surface area (Å²) in [5, 5.41) is 2.08. The largest absolute Gasteiger partial charge is 0.377 e. The molecule has 1 amide bonds. The van der Waals surface area contributed by atoms with Gasteiger partial charge in [0, 0.05) is 29.9 Å². The summed E-state index contributed by atoms with van der Waals surface area (Å²) in [6.07, 6.45) is 4.37. The van der Waals surface area contributed by atoms with Crippen LogP contribution in [0, 0.1) is 0 Å². The first kappa shape index (κ1) is 15.8. The van der Waals surface area contributed by atoms with Gasteiger partial charge in [0.25, 0.3) is 5.91 Å². The molecule has 3 aromatic rings. The number of hydrogen-bond acceptors (Lipinski definition) is 3.